The zero-order valence-electron chi connectivity index (χ0n) is 12.8. The maximum absolute atomic E-state index is 12.1. The van der Waals surface area contributed by atoms with Crippen molar-refractivity contribution in [1.29, 1.82) is 0 Å². The largest absolute Gasteiger partial charge is 0.492 e. The lowest BCUT2D eigenvalue weighted by Crippen LogP contribution is -2.38. The van der Waals surface area contributed by atoms with Crippen molar-refractivity contribution in [2.45, 2.75) is 25.4 Å². The van der Waals surface area contributed by atoms with Crippen molar-refractivity contribution in [3.8, 4) is 11.5 Å². The SMILES string of the molecule is COc1c(OC2CCCN(C)C2)cccc1C(=O)CCN. The van der Waals surface area contributed by atoms with E-state index in [9.17, 15) is 4.79 Å². The van der Waals surface area contributed by atoms with Gasteiger partial charge < -0.3 is 20.1 Å². The standard InChI is InChI=1S/C16H24N2O3/c1-18-10-4-5-12(11-18)21-15-7-3-6-13(16(15)20-2)14(19)8-9-17/h3,6-7,12H,4-5,8-11,17H2,1-2H3. The molecule has 1 unspecified atom stereocenters. The predicted molar refractivity (Wildman–Crippen MR) is 82.1 cm³/mol. The summed E-state index contributed by atoms with van der Waals surface area (Å²) in [6.45, 7) is 2.33. The molecule has 0 radical (unpaired) electrons. The zero-order chi connectivity index (χ0) is 15.2. The molecule has 2 rings (SSSR count). The fourth-order valence-corrected chi connectivity index (χ4v) is 2.70. The first-order chi connectivity index (χ1) is 10.2. The van der Waals surface area contributed by atoms with E-state index < -0.39 is 0 Å². The summed E-state index contributed by atoms with van der Waals surface area (Å²) >= 11 is 0. The Bertz CT molecular complexity index is 490. The lowest BCUT2D eigenvalue weighted by atomic mass is 10.1. The number of nitrogens with two attached hydrogens (primary N) is 1. The van der Waals surface area contributed by atoms with E-state index in [-0.39, 0.29) is 11.9 Å². The Balaban J connectivity index is 2.18. The molecule has 116 valence electrons. The highest BCUT2D eigenvalue weighted by Gasteiger charge is 2.22. The van der Waals surface area contributed by atoms with Crippen molar-refractivity contribution in [1.82, 2.24) is 4.90 Å². The molecular formula is C16H24N2O3. The van der Waals surface area contributed by atoms with Crippen LogP contribution in [-0.2, 0) is 0 Å². The minimum atomic E-state index is -0.0134. The molecule has 21 heavy (non-hydrogen) atoms. The molecule has 0 spiro atoms. The molecule has 1 aliphatic rings. The fourth-order valence-electron chi connectivity index (χ4n) is 2.70. The molecule has 1 fully saturated rings. The number of benzene rings is 1. The fraction of sp³-hybridized carbons (Fsp3) is 0.562. The lowest BCUT2D eigenvalue weighted by molar-refractivity contribution is 0.0960. The van der Waals surface area contributed by atoms with Crippen molar-refractivity contribution in [2.75, 3.05) is 33.8 Å². The zero-order valence-corrected chi connectivity index (χ0v) is 12.8. The Hall–Kier alpha value is -1.59. The average molecular weight is 292 g/mol. The van der Waals surface area contributed by atoms with Crippen LogP contribution in [0.2, 0.25) is 0 Å². The topological polar surface area (TPSA) is 64.8 Å². The normalized spacial score (nSPS) is 19.3. The van der Waals surface area contributed by atoms with E-state index in [0.717, 1.165) is 25.9 Å². The first kappa shape index (κ1) is 15.8. The number of nitrogens with zero attached hydrogens (tertiary/aromatic N) is 1. The third kappa shape index (κ3) is 3.95. The molecule has 0 amide bonds. The van der Waals surface area contributed by atoms with Crippen molar-refractivity contribution in [2.24, 2.45) is 5.73 Å². The van der Waals surface area contributed by atoms with E-state index >= 15 is 0 Å². The number of methoxy groups -OCH3 is 1. The number of carbonyl (C=O) groups is 1. The van der Waals surface area contributed by atoms with E-state index in [0.29, 0.717) is 30.0 Å². The van der Waals surface area contributed by atoms with E-state index in [4.69, 9.17) is 15.2 Å². The van der Waals surface area contributed by atoms with Crippen LogP contribution < -0.4 is 15.2 Å². The van der Waals surface area contributed by atoms with Crippen LogP contribution in [0.4, 0.5) is 0 Å². The molecule has 0 bridgehead atoms. The Morgan fingerprint density at radius 3 is 2.95 bits per heavy atom. The van der Waals surface area contributed by atoms with Gasteiger partial charge in [0.05, 0.1) is 12.7 Å². The Labute approximate surface area is 126 Å². The molecule has 1 atom stereocenters. The Morgan fingerprint density at radius 1 is 1.48 bits per heavy atom. The van der Waals surface area contributed by atoms with Gasteiger partial charge in [-0.25, -0.2) is 0 Å². The third-order valence-corrected chi connectivity index (χ3v) is 3.73. The highest BCUT2D eigenvalue weighted by Crippen LogP contribution is 2.33. The average Bonchev–Trinajstić information content (AvgIpc) is 2.47. The van der Waals surface area contributed by atoms with Crippen LogP contribution in [0, 0.1) is 0 Å². The van der Waals surface area contributed by atoms with Crippen LogP contribution in [0.5, 0.6) is 11.5 Å². The van der Waals surface area contributed by atoms with Gasteiger partial charge in [0.15, 0.2) is 17.3 Å². The monoisotopic (exact) mass is 292 g/mol. The second-order valence-corrected chi connectivity index (χ2v) is 5.44. The molecule has 1 saturated heterocycles. The number of likely N-dealkylation sites (N-methyl/N-ethyl adjacent to an activating group) is 1. The second kappa shape index (κ2) is 7.43. The van der Waals surface area contributed by atoms with Crippen LogP contribution in [0.15, 0.2) is 18.2 Å². The second-order valence-electron chi connectivity index (χ2n) is 5.44. The highest BCUT2D eigenvalue weighted by atomic mass is 16.5. The summed E-state index contributed by atoms with van der Waals surface area (Å²) in [5.74, 6) is 1.14. The van der Waals surface area contributed by atoms with E-state index in [1.54, 1.807) is 13.2 Å². The lowest BCUT2D eigenvalue weighted by Gasteiger charge is -2.30. The van der Waals surface area contributed by atoms with Crippen LogP contribution in [0.25, 0.3) is 0 Å². The van der Waals surface area contributed by atoms with Gasteiger partial charge in [-0.3, -0.25) is 4.79 Å². The summed E-state index contributed by atoms with van der Waals surface area (Å²) in [5.41, 5.74) is 6.01. The summed E-state index contributed by atoms with van der Waals surface area (Å²) in [6, 6.07) is 5.44. The number of hydrogen-bond acceptors (Lipinski definition) is 5. The quantitative estimate of drug-likeness (QED) is 0.808. The van der Waals surface area contributed by atoms with Gasteiger partial charge in [0.2, 0.25) is 0 Å². The molecule has 5 nitrogen and oxygen atoms in total. The minimum absolute atomic E-state index is 0.0134. The number of para-hydroxylation sites is 1. The van der Waals surface area contributed by atoms with E-state index in [1.807, 2.05) is 12.1 Å². The summed E-state index contributed by atoms with van der Waals surface area (Å²) in [7, 11) is 3.66. The van der Waals surface area contributed by atoms with E-state index in [2.05, 4.69) is 11.9 Å². The van der Waals surface area contributed by atoms with Crippen molar-refractivity contribution in [3.05, 3.63) is 23.8 Å². The van der Waals surface area contributed by atoms with Gasteiger partial charge >= 0.3 is 0 Å². The Morgan fingerprint density at radius 2 is 2.29 bits per heavy atom. The number of ether oxygens (including phenoxy) is 2. The van der Waals surface area contributed by atoms with Crippen LogP contribution >= 0.6 is 0 Å². The first-order valence-electron chi connectivity index (χ1n) is 7.41. The molecule has 1 aromatic rings. The number of hydrogen-bond donors (Lipinski definition) is 1. The summed E-state index contributed by atoms with van der Waals surface area (Å²) in [4.78, 5) is 14.4. The van der Waals surface area contributed by atoms with Crippen LogP contribution in [0.1, 0.15) is 29.6 Å². The highest BCUT2D eigenvalue weighted by molar-refractivity contribution is 5.99. The van der Waals surface area contributed by atoms with Crippen molar-refractivity contribution >= 4 is 5.78 Å². The summed E-state index contributed by atoms with van der Waals surface area (Å²) in [5, 5.41) is 0. The molecule has 5 heteroatoms. The molecule has 1 aromatic carbocycles. The number of Topliss-reactive ketones (excluding diaryl/α,β-unsaturated/α-hetero) is 1. The number of rotatable bonds is 6. The van der Waals surface area contributed by atoms with Gasteiger partial charge in [0.25, 0.3) is 0 Å². The van der Waals surface area contributed by atoms with Gasteiger partial charge in [0, 0.05) is 13.0 Å². The number of carbonyl (C=O) groups excluding carboxylic acids is 1. The third-order valence-electron chi connectivity index (χ3n) is 3.73. The predicted octanol–water partition coefficient (Wildman–Crippen LogP) is 1.70. The summed E-state index contributed by atoms with van der Waals surface area (Å²) < 4.78 is 11.5. The number of likely N-dealkylation sites (tertiary alicyclic amines) is 1. The number of ketones is 1. The van der Waals surface area contributed by atoms with Gasteiger partial charge in [-0.15, -0.1) is 0 Å². The van der Waals surface area contributed by atoms with Gasteiger partial charge in [-0.05, 0) is 45.1 Å². The van der Waals surface area contributed by atoms with Crippen LogP contribution in [0.3, 0.4) is 0 Å². The smallest absolute Gasteiger partial charge is 0.171 e. The maximum atomic E-state index is 12.1. The summed E-state index contributed by atoms with van der Waals surface area (Å²) in [6.07, 6.45) is 2.59. The first-order valence-corrected chi connectivity index (χ1v) is 7.41. The Kier molecular flexibility index (Phi) is 5.59. The van der Waals surface area contributed by atoms with Gasteiger partial charge in [-0.1, -0.05) is 6.07 Å². The molecular weight excluding hydrogens is 268 g/mol. The molecule has 0 saturated carbocycles. The van der Waals surface area contributed by atoms with Gasteiger partial charge in [-0.2, -0.15) is 0 Å². The van der Waals surface area contributed by atoms with E-state index in [1.165, 1.54) is 0 Å². The van der Waals surface area contributed by atoms with Crippen molar-refractivity contribution in [3.63, 3.8) is 0 Å². The molecule has 2 N–H and O–H groups in total. The minimum Gasteiger partial charge on any atom is -0.492 e. The van der Waals surface area contributed by atoms with Crippen molar-refractivity contribution < 1.29 is 14.3 Å². The molecule has 1 aliphatic heterocycles. The maximum Gasteiger partial charge on any atom is 0.171 e. The molecule has 1 heterocycles. The molecule has 0 aromatic heterocycles. The number of piperidine rings is 1. The van der Waals surface area contributed by atoms with Crippen LogP contribution in [-0.4, -0.2) is 50.6 Å². The van der Waals surface area contributed by atoms with Gasteiger partial charge in [0.1, 0.15) is 6.10 Å². The molecule has 0 aliphatic carbocycles.